The highest BCUT2D eigenvalue weighted by Gasteiger charge is 2.27. The van der Waals surface area contributed by atoms with Crippen LogP contribution in [0.3, 0.4) is 0 Å². The largest absolute Gasteiger partial charge is 0.492 e. The molecule has 1 aliphatic heterocycles. The van der Waals surface area contributed by atoms with Crippen LogP contribution in [0.2, 0.25) is 0 Å². The van der Waals surface area contributed by atoms with Crippen molar-refractivity contribution in [2.45, 2.75) is 25.8 Å². The van der Waals surface area contributed by atoms with E-state index in [4.69, 9.17) is 4.74 Å². The van der Waals surface area contributed by atoms with E-state index in [1.165, 1.54) is 7.11 Å². The number of methoxy groups -OCH3 is 1. The maximum Gasteiger partial charge on any atom is 0.411 e. The lowest BCUT2D eigenvalue weighted by Crippen LogP contribution is -2.50. The summed E-state index contributed by atoms with van der Waals surface area (Å²) in [5, 5.41) is 5.47. The van der Waals surface area contributed by atoms with Crippen LogP contribution in [0.25, 0.3) is 0 Å². The quantitative estimate of drug-likeness (QED) is 0.727. The number of carbonyl (C=O) groups excluding carboxylic acids is 2. The van der Waals surface area contributed by atoms with Crippen LogP contribution in [0.15, 0.2) is 36.7 Å². The molecule has 1 fully saturated rings. The van der Waals surface area contributed by atoms with Gasteiger partial charge < -0.3 is 19.3 Å². The number of aromatic nitrogens is 2. The van der Waals surface area contributed by atoms with Crippen molar-refractivity contribution in [2.75, 3.05) is 49.4 Å². The van der Waals surface area contributed by atoms with Gasteiger partial charge in [-0.1, -0.05) is 0 Å². The van der Waals surface area contributed by atoms with Gasteiger partial charge in [0.05, 0.1) is 26.0 Å². The molecule has 2 N–H and O–H groups in total. The monoisotopic (exact) mass is 428 g/mol. The van der Waals surface area contributed by atoms with Gasteiger partial charge in [0.1, 0.15) is 17.4 Å². The minimum atomic E-state index is -0.534. The first kappa shape index (κ1) is 22.1. The Morgan fingerprint density at radius 2 is 2.10 bits per heavy atom. The molecule has 3 amide bonds. The average Bonchev–Trinajstić information content (AvgIpc) is 2.80. The maximum absolute atomic E-state index is 12.7. The number of hydrogen-bond acceptors (Lipinski definition) is 7. The first-order chi connectivity index (χ1) is 15.0. The Balaban J connectivity index is 1.61. The van der Waals surface area contributed by atoms with Crippen LogP contribution in [0.1, 0.15) is 19.8 Å². The Hall–Kier alpha value is -3.56. The number of rotatable bonds is 6. The summed E-state index contributed by atoms with van der Waals surface area (Å²) in [6.45, 7) is 3.92. The van der Waals surface area contributed by atoms with Crippen LogP contribution in [0.4, 0.5) is 26.9 Å². The van der Waals surface area contributed by atoms with Crippen LogP contribution in [0, 0.1) is 0 Å². The highest BCUT2D eigenvalue weighted by Crippen LogP contribution is 2.23. The molecule has 0 bridgehead atoms. The molecular formula is C21H28N6O4. The van der Waals surface area contributed by atoms with E-state index < -0.39 is 6.09 Å². The maximum atomic E-state index is 12.7. The molecule has 0 radical (unpaired) electrons. The SMILES string of the molecule is CCOc1ccc(NC(=O)N(C)[C@@H]2CCCN(c3cc(NC(=O)OC)ccn3)C2)nc1. The molecular weight excluding hydrogens is 400 g/mol. The molecule has 0 aromatic carbocycles. The molecule has 0 unspecified atom stereocenters. The second-order valence-electron chi connectivity index (χ2n) is 7.11. The van der Waals surface area contributed by atoms with Crippen LogP contribution < -0.4 is 20.3 Å². The highest BCUT2D eigenvalue weighted by atomic mass is 16.5. The number of nitrogens with zero attached hydrogens (tertiary/aromatic N) is 4. The van der Waals surface area contributed by atoms with Crippen molar-refractivity contribution in [1.29, 1.82) is 0 Å². The molecule has 3 rings (SSSR count). The standard InChI is InChI=1S/C21H28N6O4/c1-4-31-17-7-8-18(23-13-17)25-20(28)26(2)16-6-5-11-27(14-16)19-12-15(9-10-22-19)24-21(29)30-3/h7-10,12-13,16H,4-6,11,14H2,1-3H3,(H,22,24,29)(H,23,25,28)/t16-/m1/s1. The predicted molar refractivity (Wildman–Crippen MR) is 118 cm³/mol. The summed E-state index contributed by atoms with van der Waals surface area (Å²) < 4.78 is 10.0. The molecule has 166 valence electrons. The van der Waals surface area contributed by atoms with Gasteiger partial charge in [-0.2, -0.15) is 0 Å². The first-order valence-corrected chi connectivity index (χ1v) is 10.2. The van der Waals surface area contributed by atoms with Crippen molar-refractivity contribution in [2.24, 2.45) is 0 Å². The third kappa shape index (κ3) is 5.97. The minimum absolute atomic E-state index is 0.00969. The minimum Gasteiger partial charge on any atom is -0.492 e. The number of piperidine rings is 1. The third-order valence-corrected chi connectivity index (χ3v) is 5.05. The van der Waals surface area contributed by atoms with E-state index in [0.29, 0.717) is 30.4 Å². The Kier molecular flexibility index (Phi) is 7.47. The highest BCUT2D eigenvalue weighted by molar-refractivity contribution is 5.88. The summed E-state index contributed by atoms with van der Waals surface area (Å²) in [5.74, 6) is 1.87. The number of pyridine rings is 2. The fraction of sp³-hybridized carbons (Fsp3) is 0.429. The molecule has 3 heterocycles. The molecule has 10 heteroatoms. The Labute approximate surface area is 181 Å². The van der Waals surface area contributed by atoms with Crippen molar-refractivity contribution in [1.82, 2.24) is 14.9 Å². The summed E-state index contributed by atoms with van der Waals surface area (Å²) in [6, 6.07) is 6.77. The van der Waals surface area contributed by atoms with Crippen molar-refractivity contribution >= 4 is 29.4 Å². The van der Waals surface area contributed by atoms with Crippen molar-refractivity contribution in [3.63, 3.8) is 0 Å². The average molecular weight is 428 g/mol. The molecule has 1 aliphatic rings. The van der Waals surface area contributed by atoms with E-state index in [1.807, 2.05) is 6.92 Å². The van der Waals surface area contributed by atoms with Crippen LogP contribution >= 0.6 is 0 Å². The molecule has 0 saturated carbocycles. The molecule has 2 aromatic heterocycles. The first-order valence-electron chi connectivity index (χ1n) is 10.2. The molecule has 31 heavy (non-hydrogen) atoms. The number of urea groups is 1. The predicted octanol–water partition coefficient (Wildman–Crippen LogP) is 3.19. The van der Waals surface area contributed by atoms with Gasteiger partial charge in [-0.15, -0.1) is 0 Å². The number of anilines is 3. The fourth-order valence-electron chi connectivity index (χ4n) is 3.39. The smallest absolute Gasteiger partial charge is 0.411 e. The van der Waals surface area contributed by atoms with Crippen molar-refractivity contribution < 1.29 is 19.1 Å². The Morgan fingerprint density at radius 1 is 1.26 bits per heavy atom. The second kappa shape index (κ2) is 10.5. The molecule has 2 aromatic rings. The lowest BCUT2D eigenvalue weighted by molar-refractivity contribution is 0.187. The lowest BCUT2D eigenvalue weighted by atomic mass is 10.0. The number of hydrogen-bond donors (Lipinski definition) is 2. The normalized spacial score (nSPS) is 15.7. The van der Waals surface area contributed by atoms with Crippen LogP contribution in [-0.2, 0) is 4.74 Å². The summed E-state index contributed by atoms with van der Waals surface area (Å²) >= 11 is 0. The number of amides is 3. The fourth-order valence-corrected chi connectivity index (χ4v) is 3.39. The zero-order valence-corrected chi connectivity index (χ0v) is 18.0. The van der Waals surface area contributed by atoms with E-state index in [0.717, 1.165) is 25.2 Å². The van der Waals surface area contributed by atoms with Gasteiger partial charge in [0, 0.05) is 38.1 Å². The molecule has 0 spiro atoms. The van der Waals surface area contributed by atoms with Gasteiger partial charge in [-0.25, -0.2) is 19.6 Å². The third-order valence-electron chi connectivity index (χ3n) is 5.05. The number of ether oxygens (including phenoxy) is 2. The summed E-state index contributed by atoms with van der Waals surface area (Å²) in [7, 11) is 3.09. The van der Waals surface area contributed by atoms with Crippen molar-refractivity contribution in [3.8, 4) is 5.75 Å². The van der Waals surface area contributed by atoms with Gasteiger partial charge in [-0.3, -0.25) is 10.6 Å². The number of likely N-dealkylation sites (N-methyl/N-ethyl adjacent to an activating group) is 1. The van der Waals surface area contributed by atoms with E-state index in [9.17, 15) is 9.59 Å². The lowest BCUT2D eigenvalue weighted by Gasteiger charge is -2.38. The van der Waals surface area contributed by atoms with Gasteiger partial charge in [0.15, 0.2) is 0 Å². The topological polar surface area (TPSA) is 109 Å². The second-order valence-corrected chi connectivity index (χ2v) is 7.11. The Bertz CT molecular complexity index is 892. The van der Waals surface area contributed by atoms with Crippen LogP contribution in [0.5, 0.6) is 5.75 Å². The summed E-state index contributed by atoms with van der Waals surface area (Å²) in [6.07, 6.45) is 4.49. The van der Waals surface area contributed by atoms with Gasteiger partial charge in [-0.05, 0) is 38.0 Å². The molecule has 1 atom stereocenters. The van der Waals surface area contributed by atoms with Gasteiger partial charge in [0.2, 0.25) is 0 Å². The summed E-state index contributed by atoms with van der Waals surface area (Å²) in [4.78, 5) is 36.6. The van der Waals surface area contributed by atoms with Gasteiger partial charge in [0.25, 0.3) is 0 Å². The zero-order valence-electron chi connectivity index (χ0n) is 18.0. The van der Waals surface area contributed by atoms with Gasteiger partial charge >= 0.3 is 12.1 Å². The van der Waals surface area contributed by atoms with E-state index >= 15 is 0 Å². The summed E-state index contributed by atoms with van der Waals surface area (Å²) in [5.41, 5.74) is 0.603. The van der Waals surface area contributed by atoms with E-state index in [1.54, 1.807) is 48.6 Å². The molecule has 1 saturated heterocycles. The Morgan fingerprint density at radius 3 is 2.81 bits per heavy atom. The van der Waals surface area contributed by atoms with Crippen molar-refractivity contribution in [3.05, 3.63) is 36.7 Å². The number of nitrogens with one attached hydrogen (secondary N) is 2. The molecule has 10 nitrogen and oxygen atoms in total. The van der Waals surface area contributed by atoms with Crippen LogP contribution in [-0.4, -0.2) is 66.9 Å². The molecule has 0 aliphatic carbocycles. The number of carbonyl (C=O) groups is 2. The zero-order chi connectivity index (χ0) is 22.2. The van der Waals surface area contributed by atoms with E-state index in [2.05, 4.69) is 30.2 Å². The van der Waals surface area contributed by atoms with E-state index in [-0.39, 0.29) is 12.1 Å².